The molecule has 7 heteroatoms. The van der Waals surface area contributed by atoms with Crippen molar-refractivity contribution >= 4 is 51.0 Å². The number of hydrogen-bond donors (Lipinski definition) is 1. The summed E-state index contributed by atoms with van der Waals surface area (Å²) in [4.78, 5) is 0. The monoisotopic (exact) mass is 444 g/mol. The van der Waals surface area contributed by atoms with E-state index in [0.29, 0.717) is 34.8 Å². The molecule has 0 fully saturated rings. The van der Waals surface area contributed by atoms with Gasteiger partial charge in [-0.25, -0.2) is 0 Å². The molecule has 0 radical (unpaired) electrons. The summed E-state index contributed by atoms with van der Waals surface area (Å²) in [5.41, 5.74) is 4.54. The van der Waals surface area contributed by atoms with Crippen LogP contribution >= 0.6 is 39.1 Å². The van der Waals surface area contributed by atoms with Gasteiger partial charge in [0.25, 0.3) is 0 Å². The fraction of sp³-hybridized carbons (Fsp3) is 0.278. The summed E-state index contributed by atoms with van der Waals surface area (Å²) in [6.07, 6.45) is 2.62. The summed E-state index contributed by atoms with van der Waals surface area (Å²) >= 11 is 15.4. The number of nitrogens with zero attached hydrogens (tertiary/aromatic N) is 1. The summed E-state index contributed by atoms with van der Waals surface area (Å²) in [7, 11) is 0. The van der Waals surface area contributed by atoms with Crippen LogP contribution in [0, 0.1) is 0 Å². The molecule has 25 heavy (non-hydrogen) atoms. The Bertz CT molecular complexity index is 754. The highest BCUT2D eigenvalue weighted by molar-refractivity contribution is 9.10. The van der Waals surface area contributed by atoms with Gasteiger partial charge in [0.1, 0.15) is 0 Å². The van der Waals surface area contributed by atoms with Gasteiger partial charge in [0.2, 0.25) is 0 Å². The number of halogens is 3. The topological polar surface area (TPSA) is 42.8 Å². The highest BCUT2D eigenvalue weighted by Gasteiger charge is 2.11. The number of nitrogens with one attached hydrogen (secondary N) is 1. The van der Waals surface area contributed by atoms with E-state index in [-0.39, 0.29) is 0 Å². The summed E-state index contributed by atoms with van der Waals surface area (Å²) in [5.74, 6) is 1.39. The molecule has 0 saturated heterocycles. The Kier molecular flexibility index (Phi) is 7.88. The minimum absolute atomic E-state index is 0.473. The minimum Gasteiger partial charge on any atom is -0.490 e. The van der Waals surface area contributed by atoms with E-state index in [1.807, 2.05) is 19.1 Å². The zero-order chi connectivity index (χ0) is 18.2. The van der Waals surface area contributed by atoms with Crippen LogP contribution in [0.5, 0.6) is 11.5 Å². The van der Waals surface area contributed by atoms with Gasteiger partial charge in [-0.2, -0.15) is 5.10 Å². The second kappa shape index (κ2) is 9.90. The maximum atomic E-state index is 5.98. The van der Waals surface area contributed by atoms with Gasteiger partial charge in [-0.15, -0.1) is 0 Å². The summed E-state index contributed by atoms with van der Waals surface area (Å²) in [6, 6.07) is 9.04. The second-order valence-electron chi connectivity index (χ2n) is 5.11. The van der Waals surface area contributed by atoms with Crippen molar-refractivity contribution in [1.29, 1.82) is 0 Å². The first-order valence-electron chi connectivity index (χ1n) is 7.88. The summed E-state index contributed by atoms with van der Waals surface area (Å²) in [6.45, 7) is 5.18. The van der Waals surface area contributed by atoms with Crippen molar-refractivity contribution in [2.24, 2.45) is 5.10 Å². The first-order chi connectivity index (χ1) is 12.0. The molecule has 0 amide bonds. The highest BCUT2D eigenvalue weighted by Crippen LogP contribution is 2.36. The van der Waals surface area contributed by atoms with Crippen molar-refractivity contribution < 1.29 is 9.47 Å². The summed E-state index contributed by atoms with van der Waals surface area (Å²) in [5, 5.41) is 5.20. The first kappa shape index (κ1) is 19.9. The lowest BCUT2D eigenvalue weighted by molar-refractivity contribution is 0.275. The molecule has 2 aromatic rings. The molecule has 0 aliphatic carbocycles. The number of anilines is 1. The molecule has 0 aliphatic rings. The van der Waals surface area contributed by atoms with Gasteiger partial charge in [0, 0.05) is 0 Å². The Hall–Kier alpha value is -1.43. The third-order valence-electron chi connectivity index (χ3n) is 3.11. The fourth-order valence-electron chi connectivity index (χ4n) is 2.02. The Labute approximate surface area is 166 Å². The SMILES string of the molecule is CCCOc1c(Br)cc(/C=N/Nc2ccc(Cl)c(Cl)c2)cc1OCC. The van der Waals surface area contributed by atoms with Gasteiger partial charge in [-0.3, -0.25) is 5.43 Å². The molecule has 0 heterocycles. The van der Waals surface area contributed by atoms with E-state index < -0.39 is 0 Å². The van der Waals surface area contributed by atoms with E-state index in [2.05, 4.69) is 33.4 Å². The van der Waals surface area contributed by atoms with E-state index in [9.17, 15) is 0 Å². The molecule has 0 aliphatic heterocycles. The maximum Gasteiger partial charge on any atom is 0.175 e. The number of ether oxygens (including phenoxy) is 2. The third kappa shape index (κ3) is 5.80. The Balaban J connectivity index is 2.16. The van der Waals surface area contributed by atoms with Crippen molar-refractivity contribution in [3.63, 3.8) is 0 Å². The Morgan fingerprint density at radius 1 is 1.12 bits per heavy atom. The molecule has 1 N–H and O–H groups in total. The Morgan fingerprint density at radius 3 is 2.60 bits per heavy atom. The van der Waals surface area contributed by atoms with Crippen LogP contribution < -0.4 is 14.9 Å². The van der Waals surface area contributed by atoms with Crippen LogP contribution in [0.15, 0.2) is 39.9 Å². The van der Waals surface area contributed by atoms with Crippen molar-refractivity contribution in [3.8, 4) is 11.5 Å². The van der Waals surface area contributed by atoms with Crippen LogP contribution in [0.2, 0.25) is 10.0 Å². The van der Waals surface area contributed by atoms with Crippen LogP contribution in [0.1, 0.15) is 25.8 Å². The summed E-state index contributed by atoms with van der Waals surface area (Å²) < 4.78 is 12.3. The van der Waals surface area contributed by atoms with Gasteiger partial charge in [-0.1, -0.05) is 30.1 Å². The zero-order valence-electron chi connectivity index (χ0n) is 14.0. The molecular weight excluding hydrogens is 427 g/mol. The van der Waals surface area contributed by atoms with Gasteiger partial charge in [0.05, 0.1) is 39.6 Å². The lowest BCUT2D eigenvalue weighted by Crippen LogP contribution is -2.02. The van der Waals surface area contributed by atoms with Crippen molar-refractivity contribution in [3.05, 3.63) is 50.4 Å². The average Bonchev–Trinajstić information content (AvgIpc) is 2.58. The van der Waals surface area contributed by atoms with Gasteiger partial charge in [-0.05, 0) is 65.2 Å². The molecule has 2 aromatic carbocycles. The highest BCUT2D eigenvalue weighted by atomic mass is 79.9. The van der Waals surface area contributed by atoms with E-state index in [0.717, 1.165) is 22.1 Å². The lowest BCUT2D eigenvalue weighted by Gasteiger charge is -2.14. The van der Waals surface area contributed by atoms with Crippen molar-refractivity contribution in [2.45, 2.75) is 20.3 Å². The Morgan fingerprint density at radius 2 is 1.92 bits per heavy atom. The molecule has 2 rings (SSSR count). The van der Waals surface area contributed by atoms with Gasteiger partial charge < -0.3 is 9.47 Å². The van der Waals surface area contributed by atoms with E-state index >= 15 is 0 Å². The molecular formula is C18H19BrCl2N2O2. The molecule has 4 nitrogen and oxygen atoms in total. The van der Waals surface area contributed by atoms with Crippen LogP contribution in [0.25, 0.3) is 0 Å². The number of hydrazone groups is 1. The minimum atomic E-state index is 0.473. The van der Waals surface area contributed by atoms with Gasteiger partial charge >= 0.3 is 0 Å². The lowest BCUT2D eigenvalue weighted by atomic mass is 10.2. The van der Waals surface area contributed by atoms with E-state index in [1.165, 1.54) is 0 Å². The van der Waals surface area contributed by atoms with E-state index in [4.69, 9.17) is 32.7 Å². The number of hydrogen-bond acceptors (Lipinski definition) is 4. The van der Waals surface area contributed by atoms with Crippen LogP contribution in [-0.2, 0) is 0 Å². The molecule has 0 saturated carbocycles. The fourth-order valence-corrected chi connectivity index (χ4v) is 2.89. The van der Waals surface area contributed by atoms with Crippen molar-refractivity contribution in [2.75, 3.05) is 18.6 Å². The smallest absolute Gasteiger partial charge is 0.175 e. The predicted molar refractivity (Wildman–Crippen MR) is 109 cm³/mol. The van der Waals surface area contributed by atoms with Crippen LogP contribution in [0.3, 0.4) is 0 Å². The van der Waals surface area contributed by atoms with Crippen LogP contribution in [0.4, 0.5) is 5.69 Å². The van der Waals surface area contributed by atoms with E-state index in [1.54, 1.807) is 24.4 Å². The zero-order valence-corrected chi connectivity index (χ0v) is 17.1. The standard InChI is InChI=1S/C18H19BrCl2N2O2/c1-3-7-25-18-14(19)8-12(9-17(18)24-4-2)11-22-23-13-5-6-15(20)16(21)10-13/h5-6,8-11,23H,3-4,7H2,1-2H3/b22-11+. The molecule has 0 aromatic heterocycles. The molecule has 0 atom stereocenters. The number of rotatable bonds is 8. The molecule has 134 valence electrons. The van der Waals surface area contributed by atoms with Crippen molar-refractivity contribution in [1.82, 2.24) is 0 Å². The average molecular weight is 446 g/mol. The molecule has 0 unspecified atom stereocenters. The maximum absolute atomic E-state index is 5.98. The van der Waals surface area contributed by atoms with Gasteiger partial charge in [0.15, 0.2) is 11.5 Å². The predicted octanol–water partition coefficient (Wildman–Crippen LogP) is 6.39. The molecule has 0 spiro atoms. The normalized spacial score (nSPS) is 10.9. The molecule has 0 bridgehead atoms. The quantitative estimate of drug-likeness (QED) is 0.378. The van der Waals surface area contributed by atoms with Crippen LogP contribution in [-0.4, -0.2) is 19.4 Å². The largest absolute Gasteiger partial charge is 0.490 e. The first-order valence-corrected chi connectivity index (χ1v) is 9.43. The second-order valence-corrected chi connectivity index (χ2v) is 6.78. The third-order valence-corrected chi connectivity index (χ3v) is 4.44. The number of benzene rings is 2.